The van der Waals surface area contributed by atoms with Crippen LogP contribution >= 0.6 is 0 Å². The maximum absolute atomic E-state index is 12.1. The number of hydrogen-bond donors (Lipinski definition) is 2. The molecule has 0 aliphatic rings. The highest BCUT2D eigenvalue weighted by molar-refractivity contribution is 5.76. The quantitative estimate of drug-likeness (QED) is 0.165. The molecule has 0 saturated heterocycles. The Morgan fingerprint density at radius 1 is 0.714 bits per heavy atom. The smallest absolute Gasteiger partial charge is 0.222 e. The fourth-order valence-corrected chi connectivity index (χ4v) is 3.84. The fraction of sp³-hybridized carbons (Fsp3) is 0.960. The van der Waals surface area contributed by atoms with Crippen molar-refractivity contribution in [1.29, 1.82) is 0 Å². The van der Waals surface area contributed by atoms with Gasteiger partial charge < -0.3 is 10.4 Å². The Balaban J connectivity index is 3.44. The minimum atomic E-state index is -1.04. The first-order chi connectivity index (χ1) is 13.5. The minimum absolute atomic E-state index is 0.000607. The highest BCUT2D eigenvalue weighted by Crippen LogP contribution is 2.20. The zero-order valence-corrected chi connectivity index (χ0v) is 19.7. The molecule has 0 aliphatic heterocycles. The Kier molecular flexibility index (Phi) is 18.1. The predicted octanol–water partition coefficient (Wildman–Crippen LogP) is 7.51. The van der Waals surface area contributed by atoms with Crippen LogP contribution in [0.5, 0.6) is 0 Å². The maximum atomic E-state index is 12.1. The van der Waals surface area contributed by atoms with Gasteiger partial charge in [-0.15, -0.1) is 0 Å². The van der Waals surface area contributed by atoms with E-state index in [1.54, 1.807) is 0 Å². The van der Waals surface area contributed by atoms with Gasteiger partial charge in [-0.2, -0.15) is 0 Å². The maximum Gasteiger partial charge on any atom is 0.222 e. The van der Waals surface area contributed by atoms with Crippen molar-refractivity contribution in [3.8, 4) is 0 Å². The van der Waals surface area contributed by atoms with Gasteiger partial charge in [-0.05, 0) is 12.8 Å². The van der Waals surface area contributed by atoms with E-state index in [2.05, 4.69) is 12.2 Å². The Labute approximate surface area is 176 Å². The topological polar surface area (TPSA) is 49.3 Å². The molecule has 0 fully saturated rings. The second-order valence-corrected chi connectivity index (χ2v) is 9.08. The third-order valence-corrected chi connectivity index (χ3v) is 5.95. The predicted molar refractivity (Wildman–Crippen MR) is 122 cm³/mol. The number of rotatable bonds is 20. The van der Waals surface area contributed by atoms with Crippen LogP contribution in [0.15, 0.2) is 0 Å². The van der Waals surface area contributed by atoms with Crippen LogP contribution < -0.4 is 5.32 Å². The van der Waals surface area contributed by atoms with Crippen molar-refractivity contribution in [3.63, 3.8) is 0 Å². The minimum Gasteiger partial charge on any atom is -0.371 e. The SMILES string of the molecule is CCCCCCCCCCCCCCCCCC(=O)NC(O)(CCC)C(C)C. The first kappa shape index (κ1) is 27.4. The lowest BCUT2D eigenvalue weighted by Crippen LogP contribution is -2.52. The molecule has 1 unspecified atom stereocenters. The van der Waals surface area contributed by atoms with Crippen LogP contribution in [0.25, 0.3) is 0 Å². The van der Waals surface area contributed by atoms with Gasteiger partial charge in [0.05, 0.1) is 0 Å². The lowest BCUT2D eigenvalue weighted by molar-refractivity contribution is -0.133. The molecule has 0 heterocycles. The number of amides is 1. The molecule has 2 N–H and O–H groups in total. The molecular weight excluding hydrogens is 346 g/mol. The van der Waals surface area contributed by atoms with Gasteiger partial charge in [-0.3, -0.25) is 4.79 Å². The average Bonchev–Trinajstić information content (AvgIpc) is 2.65. The molecule has 28 heavy (non-hydrogen) atoms. The molecule has 168 valence electrons. The van der Waals surface area contributed by atoms with Gasteiger partial charge >= 0.3 is 0 Å². The van der Waals surface area contributed by atoms with Gasteiger partial charge in [-0.1, -0.05) is 124 Å². The molecule has 0 bridgehead atoms. The summed E-state index contributed by atoms with van der Waals surface area (Å²) in [6, 6.07) is 0. The number of carbonyl (C=O) groups is 1. The Morgan fingerprint density at radius 2 is 1.11 bits per heavy atom. The Hall–Kier alpha value is -0.570. The molecule has 3 heteroatoms. The molecule has 3 nitrogen and oxygen atoms in total. The Morgan fingerprint density at radius 3 is 1.46 bits per heavy atom. The van der Waals surface area contributed by atoms with Crippen molar-refractivity contribution >= 4 is 5.91 Å². The number of carbonyl (C=O) groups excluding carboxylic acids is 1. The molecule has 0 aromatic rings. The number of unbranched alkanes of at least 4 members (excludes halogenated alkanes) is 14. The number of aliphatic hydroxyl groups is 1. The van der Waals surface area contributed by atoms with E-state index in [0.717, 1.165) is 19.3 Å². The monoisotopic (exact) mass is 397 g/mol. The highest BCUT2D eigenvalue weighted by atomic mass is 16.3. The molecule has 0 spiro atoms. The van der Waals surface area contributed by atoms with Crippen LogP contribution in [0.4, 0.5) is 0 Å². The van der Waals surface area contributed by atoms with Crippen LogP contribution in [-0.2, 0) is 4.79 Å². The second kappa shape index (κ2) is 18.5. The summed E-state index contributed by atoms with van der Waals surface area (Å²) in [5.74, 6) is 0.0387. The summed E-state index contributed by atoms with van der Waals surface area (Å²) in [4.78, 5) is 12.1. The zero-order chi connectivity index (χ0) is 21.1. The van der Waals surface area contributed by atoms with Crippen LogP contribution in [-0.4, -0.2) is 16.7 Å². The molecular formula is C25H51NO2. The van der Waals surface area contributed by atoms with E-state index < -0.39 is 5.72 Å². The first-order valence-corrected chi connectivity index (χ1v) is 12.5. The van der Waals surface area contributed by atoms with Crippen LogP contribution in [0.3, 0.4) is 0 Å². The van der Waals surface area contributed by atoms with Crippen molar-refractivity contribution in [2.45, 2.75) is 149 Å². The molecule has 0 saturated carbocycles. The normalized spacial score (nSPS) is 13.6. The summed E-state index contributed by atoms with van der Waals surface area (Å²) in [6.07, 6.45) is 22.0. The summed E-state index contributed by atoms with van der Waals surface area (Å²) in [5, 5.41) is 13.4. The number of hydrogen-bond acceptors (Lipinski definition) is 2. The Bertz CT molecular complexity index is 356. The van der Waals surface area contributed by atoms with E-state index in [0.29, 0.717) is 12.8 Å². The van der Waals surface area contributed by atoms with Gasteiger partial charge in [0.2, 0.25) is 5.91 Å². The van der Waals surface area contributed by atoms with E-state index in [1.807, 2.05) is 20.8 Å². The van der Waals surface area contributed by atoms with E-state index >= 15 is 0 Å². The molecule has 0 radical (unpaired) electrons. The van der Waals surface area contributed by atoms with Gasteiger partial charge in [-0.25, -0.2) is 0 Å². The summed E-state index contributed by atoms with van der Waals surface area (Å²) in [7, 11) is 0. The fourth-order valence-electron chi connectivity index (χ4n) is 3.84. The van der Waals surface area contributed by atoms with Crippen molar-refractivity contribution < 1.29 is 9.90 Å². The molecule has 0 aliphatic carbocycles. The van der Waals surface area contributed by atoms with Crippen molar-refractivity contribution in [2.24, 2.45) is 5.92 Å². The van der Waals surface area contributed by atoms with Crippen LogP contribution in [0.1, 0.15) is 143 Å². The standard InChI is InChI=1S/C25H51NO2/c1-5-7-8-9-10-11-12-13-14-15-16-17-18-19-20-21-24(27)26-25(28,22-6-2)23(3)4/h23,28H,5-22H2,1-4H3,(H,26,27). The average molecular weight is 398 g/mol. The van der Waals surface area contributed by atoms with Crippen LogP contribution in [0, 0.1) is 5.92 Å². The molecule has 1 amide bonds. The van der Waals surface area contributed by atoms with E-state index in [1.165, 1.54) is 83.5 Å². The lowest BCUT2D eigenvalue weighted by Gasteiger charge is -2.33. The zero-order valence-electron chi connectivity index (χ0n) is 19.7. The lowest BCUT2D eigenvalue weighted by atomic mass is 9.94. The highest BCUT2D eigenvalue weighted by Gasteiger charge is 2.31. The van der Waals surface area contributed by atoms with E-state index in [9.17, 15) is 9.90 Å². The third-order valence-electron chi connectivity index (χ3n) is 5.95. The summed E-state index contributed by atoms with van der Waals surface area (Å²) in [6.45, 7) is 8.24. The van der Waals surface area contributed by atoms with Gasteiger partial charge in [0.15, 0.2) is 0 Å². The van der Waals surface area contributed by atoms with Gasteiger partial charge in [0, 0.05) is 12.3 Å². The van der Waals surface area contributed by atoms with Crippen molar-refractivity contribution in [2.75, 3.05) is 0 Å². The first-order valence-electron chi connectivity index (χ1n) is 12.5. The van der Waals surface area contributed by atoms with E-state index in [4.69, 9.17) is 0 Å². The summed E-state index contributed by atoms with van der Waals surface area (Å²) < 4.78 is 0. The van der Waals surface area contributed by atoms with E-state index in [-0.39, 0.29) is 11.8 Å². The molecule has 1 atom stereocenters. The number of nitrogens with one attached hydrogen (secondary N) is 1. The van der Waals surface area contributed by atoms with Crippen molar-refractivity contribution in [3.05, 3.63) is 0 Å². The largest absolute Gasteiger partial charge is 0.371 e. The van der Waals surface area contributed by atoms with Gasteiger partial charge in [0.1, 0.15) is 5.72 Å². The summed E-state index contributed by atoms with van der Waals surface area (Å²) >= 11 is 0. The van der Waals surface area contributed by atoms with Crippen molar-refractivity contribution in [1.82, 2.24) is 5.32 Å². The second-order valence-electron chi connectivity index (χ2n) is 9.08. The third kappa shape index (κ3) is 15.4. The van der Waals surface area contributed by atoms with Crippen LogP contribution in [0.2, 0.25) is 0 Å². The molecule has 0 rings (SSSR count). The van der Waals surface area contributed by atoms with Gasteiger partial charge in [0.25, 0.3) is 0 Å². The molecule has 0 aromatic carbocycles. The summed E-state index contributed by atoms with van der Waals surface area (Å²) in [5.41, 5.74) is -1.04. The molecule has 0 aromatic heterocycles.